The zero-order valence-corrected chi connectivity index (χ0v) is 15.1. The number of fused-ring (bicyclic) bond motifs is 2. The molecule has 2 aromatic carbocycles. The summed E-state index contributed by atoms with van der Waals surface area (Å²) in [4.78, 5) is 38.1. The largest absolute Gasteiger partial charge is 0.382 e. The summed E-state index contributed by atoms with van der Waals surface area (Å²) in [6, 6.07) is 11.6. The zero-order chi connectivity index (χ0) is 19.1. The monoisotopic (exact) mass is 351 g/mol. The maximum Gasteiger partial charge on any atom is 0.235 e. The molecule has 1 N–H and O–H groups in total. The van der Waals surface area contributed by atoms with Crippen LogP contribution in [-0.2, 0) is 7.05 Å². The molecule has 1 aromatic heterocycles. The van der Waals surface area contributed by atoms with Crippen LogP contribution in [0.1, 0.15) is 37.0 Å². The maximum absolute atomic E-state index is 12.8. The van der Waals surface area contributed by atoms with E-state index in [1.807, 2.05) is 0 Å². The number of benzene rings is 2. The van der Waals surface area contributed by atoms with Crippen LogP contribution >= 0.6 is 0 Å². The molecule has 0 amide bonds. The molecule has 0 fully saturated rings. The SMILES string of the molecule is CCC(O)(CC)C(=O)c1ccc2c(c1)c(=O)c(=O)c1ccccc1n2C. The van der Waals surface area contributed by atoms with Gasteiger partial charge in [-0.25, -0.2) is 0 Å². The fourth-order valence-electron chi connectivity index (χ4n) is 3.32. The summed E-state index contributed by atoms with van der Waals surface area (Å²) >= 11 is 0. The average molecular weight is 351 g/mol. The minimum Gasteiger partial charge on any atom is -0.382 e. The fourth-order valence-corrected chi connectivity index (χ4v) is 3.32. The van der Waals surface area contributed by atoms with Crippen LogP contribution in [0.3, 0.4) is 0 Å². The Hall–Kier alpha value is -2.79. The van der Waals surface area contributed by atoms with Gasteiger partial charge < -0.3 is 9.67 Å². The van der Waals surface area contributed by atoms with E-state index in [-0.39, 0.29) is 23.8 Å². The second kappa shape index (κ2) is 6.50. The van der Waals surface area contributed by atoms with Crippen molar-refractivity contribution < 1.29 is 9.90 Å². The summed E-state index contributed by atoms with van der Waals surface area (Å²) in [5.74, 6) is -0.435. The van der Waals surface area contributed by atoms with Gasteiger partial charge in [0.2, 0.25) is 10.9 Å². The number of nitrogens with zero attached hydrogens (tertiary/aromatic N) is 1. The van der Waals surface area contributed by atoms with E-state index in [0.717, 1.165) is 0 Å². The van der Waals surface area contributed by atoms with Crippen molar-refractivity contribution in [3.63, 3.8) is 0 Å². The number of hydrogen-bond acceptors (Lipinski definition) is 4. The molecule has 0 spiro atoms. The summed E-state index contributed by atoms with van der Waals surface area (Å²) in [7, 11) is 1.78. The van der Waals surface area contributed by atoms with Gasteiger partial charge in [-0.15, -0.1) is 0 Å². The molecule has 26 heavy (non-hydrogen) atoms. The Morgan fingerprint density at radius 2 is 1.54 bits per heavy atom. The lowest BCUT2D eigenvalue weighted by Crippen LogP contribution is -2.37. The Bertz CT molecular complexity index is 1140. The van der Waals surface area contributed by atoms with Gasteiger partial charge in [-0.3, -0.25) is 14.4 Å². The first-order valence-corrected chi connectivity index (χ1v) is 8.67. The number of hydrogen-bond donors (Lipinski definition) is 1. The number of Topliss-reactive ketones (excluding diaryl/α,β-unsaturated/α-hetero) is 1. The first-order chi connectivity index (χ1) is 12.3. The minimum absolute atomic E-state index is 0.175. The molecule has 1 heterocycles. The fraction of sp³-hybridized carbons (Fsp3) is 0.286. The van der Waals surface area contributed by atoms with Crippen molar-refractivity contribution in [2.45, 2.75) is 32.3 Å². The number of para-hydroxylation sites is 1. The van der Waals surface area contributed by atoms with Crippen molar-refractivity contribution in [2.24, 2.45) is 7.05 Å². The number of rotatable bonds is 4. The van der Waals surface area contributed by atoms with E-state index < -0.39 is 22.2 Å². The Morgan fingerprint density at radius 1 is 0.962 bits per heavy atom. The van der Waals surface area contributed by atoms with Crippen molar-refractivity contribution in [2.75, 3.05) is 0 Å². The number of carbonyl (C=O) groups excluding carboxylic acids is 1. The summed E-state index contributed by atoms with van der Waals surface area (Å²) in [5.41, 5.74) is -1.29. The van der Waals surface area contributed by atoms with Gasteiger partial charge in [0.1, 0.15) is 5.60 Å². The average Bonchev–Trinajstić information content (AvgIpc) is 2.77. The molecule has 3 rings (SSSR count). The third-order valence-corrected chi connectivity index (χ3v) is 5.17. The Morgan fingerprint density at radius 3 is 2.19 bits per heavy atom. The molecule has 5 nitrogen and oxygen atoms in total. The number of aromatic nitrogens is 1. The smallest absolute Gasteiger partial charge is 0.235 e. The van der Waals surface area contributed by atoms with Crippen molar-refractivity contribution >= 4 is 27.6 Å². The summed E-state index contributed by atoms with van der Waals surface area (Å²) in [6.07, 6.45) is 0.551. The van der Waals surface area contributed by atoms with E-state index in [1.165, 1.54) is 6.07 Å². The van der Waals surface area contributed by atoms with Gasteiger partial charge in [0, 0.05) is 18.0 Å². The van der Waals surface area contributed by atoms with Crippen LogP contribution in [0.2, 0.25) is 0 Å². The lowest BCUT2D eigenvalue weighted by atomic mass is 9.87. The summed E-state index contributed by atoms with van der Waals surface area (Å²) < 4.78 is 1.77. The van der Waals surface area contributed by atoms with E-state index in [0.29, 0.717) is 16.4 Å². The topological polar surface area (TPSA) is 76.4 Å². The first kappa shape index (κ1) is 18.0. The molecule has 0 aliphatic heterocycles. The van der Waals surface area contributed by atoms with Crippen LogP contribution in [0, 0.1) is 0 Å². The number of ketones is 1. The van der Waals surface area contributed by atoms with E-state index >= 15 is 0 Å². The second-order valence-electron chi connectivity index (χ2n) is 6.53. The second-order valence-corrected chi connectivity index (χ2v) is 6.53. The quantitative estimate of drug-likeness (QED) is 0.579. The maximum atomic E-state index is 12.8. The number of aliphatic hydroxyl groups is 1. The highest BCUT2D eigenvalue weighted by molar-refractivity contribution is 6.04. The molecule has 0 aliphatic carbocycles. The van der Waals surface area contributed by atoms with Crippen molar-refractivity contribution in [3.05, 3.63) is 68.5 Å². The van der Waals surface area contributed by atoms with Crippen LogP contribution in [0.5, 0.6) is 0 Å². The van der Waals surface area contributed by atoms with Crippen LogP contribution in [0.25, 0.3) is 21.8 Å². The van der Waals surface area contributed by atoms with E-state index in [4.69, 9.17) is 0 Å². The molecule has 0 aliphatic rings. The lowest BCUT2D eigenvalue weighted by Gasteiger charge is -2.23. The van der Waals surface area contributed by atoms with Crippen LogP contribution in [0.4, 0.5) is 0 Å². The molecule has 134 valence electrons. The van der Waals surface area contributed by atoms with E-state index in [1.54, 1.807) is 61.9 Å². The molecule has 0 unspecified atom stereocenters. The Labute approximate surface area is 150 Å². The molecule has 0 atom stereocenters. The molecular weight excluding hydrogens is 330 g/mol. The molecule has 3 aromatic rings. The Kier molecular flexibility index (Phi) is 4.50. The minimum atomic E-state index is -1.47. The molecular formula is C21H21NO4. The highest BCUT2D eigenvalue weighted by Crippen LogP contribution is 2.23. The molecule has 0 saturated heterocycles. The van der Waals surface area contributed by atoms with Gasteiger partial charge in [-0.2, -0.15) is 0 Å². The van der Waals surface area contributed by atoms with Crippen molar-refractivity contribution in [1.29, 1.82) is 0 Å². The number of aryl methyl sites for hydroxylation is 1. The highest BCUT2D eigenvalue weighted by atomic mass is 16.3. The summed E-state index contributed by atoms with van der Waals surface area (Å²) in [5, 5.41) is 11.0. The summed E-state index contributed by atoms with van der Waals surface area (Å²) in [6.45, 7) is 3.48. The molecule has 5 heteroatoms. The van der Waals surface area contributed by atoms with Gasteiger partial charge in [-0.1, -0.05) is 26.0 Å². The standard InChI is InChI=1S/C21H21NO4/c1-4-21(26,5-2)20(25)13-10-11-17-15(12-13)19(24)18(23)14-8-6-7-9-16(14)22(17)3/h6-12,26H,4-5H2,1-3H3. The lowest BCUT2D eigenvalue weighted by molar-refractivity contribution is 0.0278. The zero-order valence-electron chi connectivity index (χ0n) is 15.1. The predicted molar refractivity (Wildman–Crippen MR) is 103 cm³/mol. The third kappa shape index (κ3) is 2.65. The Balaban J connectivity index is 2.41. The van der Waals surface area contributed by atoms with Gasteiger partial charge in [0.15, 0.2) is 5.78 Å². The van der Waals surface area contributed by atoms with Gasteiger partial charge in [0.25, 0.3) is 0 Å². The molecule has 0 radical (unpaired) electrons. The third-order valence-electron chi connectivity index (χ3n) is 5.17. The van der Waals surface area contributed by atoms with Crippen molar-refractivity contribution in [1.82, 2.24) is 4.57 Å². The highest BCUT2D eigenvalue weighted by Gasteiger charge is 2.32. The first-order valence-electron chi connectivity index (χ1n) is 8.67. The van der Waals surface area contributed by atoms with Crippen LogP contribution < -0.4 is 10.9 Å². The van der Waals surface area contributed by atoms with Crippen LogP contribution in [0.15, 0.2) is 52.1 Å². The van der Waals surface area contributed by atoms with Crippen LogP contribution in [-0.4, -0.2) is 21.1 Å². The van der Waals surface area contributed by atoms with Crippen molar-refractivity contribution in [3.8, 4) is 0 Å². The van der Waals surface area contributed by atoms with Gasteiger partial charge in [0.05, 0.1) is 16.4 Å². The van der Waals surface area contributed by atoms with E-state index in [2.05, 4.69) is 0 Å². The normalized spacial score (nSPS) is 11.8. The number of carbonyl (C=O) groups is 1. The predicted octanol–water partition coefficient (Wildman–Crippen LogP) is 2.79. The van der Waals surface area contributed by atoms with Gasteiger partial charge in [-0.05, 0) is 43.2 Å². The van der Waals surface area contributed by atoms with Gasteiger partial charge >= 0.3 is 0 Å². The van der Waals surface area contributed by atoms with E-state index in [9.17, 15) is 19.5 Å². The molecule has 0 bridgehead atoms. The molecule has 0 saturated carbocycles.